The number of rotatable bonds is 10. The van der Waals surface area contributed by atoms with Crippen LogP contribution in [0.15, 0.2) is 53.5 Å². The Balaban J connectivity index is 1.79. The molecule has 0 fully saturated rings. The highest BCUT2D eigenvalue weighted by Crippen LogP contribution is 2.34. The number of benzene rings is 2. The van der Waals surface area contributed by atoms with Gasteiger partial charge in [-0.05, 0) is 48.7 Å². The number of ether oxygens (including phenoxy) is 2. The molecular formula is C25H30N2O4. The molecule has 0 aliphatic rings. The van der Waals surface area contributed by atoms with Gasteiger partial charge in [0.25, 0.3) is 5.56 Å². The summed E-state index contributed by atoms with van der Waals surface area (Å²) in [6.07, 6.45) is 5.72. The fourth-order valence-corrected chi connectivity index (χ4v) is 3.54. The van der Waals surface area contributed by atoms with Gasteiger partial charge in [0.05, 0.1) is 19.1 Å². The molecule has 1 amide bonds. The molecule has 0 unspecified atom stereocenters. The van der Waals surface area contributed by atoms with Gasteiger partial charge in [-0.15, -0.1) is 0 Å². The van der Waals surface area contributed by atoms with Gasteiger partial charge in [-0.25, -0.2) is 0 Å². The van der Waals surface area contributed by atoms with E-state index < -0.39 is 0 Å². The topological polar surface area (TPSA) is 69.6 Å². The van der Waals surface area contributed by atoms with Crippen LogP contribution in [0.3, 0.4) is 0 Å². The number of pyridine rings is 1. The van der Waals surface area contributed by atoms with E-state index in [1.165, 1.54) is 6.92 Å². The van der Waals surface area contributed by atoms with Crippen LogP contribution >= 0.6 is 0 Å². The van der Waals surface area contributed by atoms with Crippen LogP contribution in [0.1, 0.15) is 38.7 Å². The first-order valence-electron chi connectivity index (χ1n) is 10.7. The minimum absolute atomic E-state index is 0.0478. The predicted molar refractivity (Wildman–Crippen MR) is 124 cm³/mol. The molecule has 6 heteroatoms. The summed E-state index contributed by atoms with van der Waals surface area (Å²) in [7, 11) is 1.61. The van der Waals surface area contributed by atoms with Gasteiger partial charge in [0.2, 0.25) is 5.91 Å². The van der Waals surface area contributed by atoms with Crippen LogP contribution in [0.25, 0.3) is 10.8 Å². The number of methoxy groups -OCH3 is 1. The number of fused-ring (bicyclic) bond motifs is 1. The molecule has 0 radical (unpaired) electrons. The number of hydrogen-bond donors (Lipinski definition) is 1. The normalized spacial score (nSPS) is 10.8. The summed E-state index contributed by atoms with van der Waals surface area (Å²) in [6, 6.07) is 13.2. The first-order valence-corrected chi connectivity index (χ1v) is 10.7. The summed E-state index contributed by atoms with van der Waals surface area (Å²) < 4.78 is 13.2. The Hall–Kier alpha value is -3.28. The lowest BCUT2D eigenvalue weighted by Crippen LogP contribution is -2.20. The molecule has 0 bridgehead atoms. The molecule has 3 rings (SSSR count). The minimum atomic E-state index is -0.0965. The van der Waals surface area contributed by atoms with E-state index in [4.69, 9.17) is 9.47 Å². The first kappa shape index (κ1) is 22.4. The molecule has 1 N–H and O–H groups in total. The summed E-state index contributed by atoms with van der Waals surface area (Å²) in [6.45, 7) is 4.80. The predicted octanol–water partition coefficient (Wildman–Crippen LogP) is 4.78. The van der Waals surface area contributed by atoms with Crippen LogP contribution in [-0.2, 0) is 17.8 Å². The fourth-order valence-electron chi connectivity index (χ4n) is 3.54. The van der Waals surface area contributed by atoms with Gasteiger partial charge in [0.15, 0.2) is 11.5 Å². The maximum absolute atomic E-state index is 13.1. The number of aromatic nitrogens is 1. The van der Waals surface area contributed by atoms with Crippen LogP contribution in [0.2, 0.25) is 0 Å². The Labute approximate surface area is 182 Å². The van der Waals surface area contributed by atoms with Crippen molar-refractivity contribution in [1.82, 2.24) is 4.57 Å². The van der Waals surface area contributed by atoms with Gasteiger partial charge >= 0.3 is 0 Å². The number of hydrogen-bond acceptors (Lipinski definition) is 4. The van der Waals surface area contributed by atoms with E-state index in [-0.39, 0.29) is 11.5 Å². The molecule has 2 aromatic carbocycles. The molecule has 1 heterocycles. The number of anilines is 1. The Morgan fingerprint density at radius 3 is 2.48 bits per heavy atom. The highest BCUT2D eigenvalue weighted by atomic mass is 16.5. The van der Waals surface area contributed by atoms with E-state index in [9.17, 15) is 9.59 Å². The number of unbranched alkanes of at least 4 members (excludes halogenated alkanes) is 2. The van der Waals surface area contributed by atoms with E-state index in [0.29, 0.717) is 36.5 Å². The van der Waals surface area contributed by atoms with Crippen LogP contribution in [0.4, 0.5) is 5.69 Å². The first-order chi connectivity index (χ1) is 15.0. The standard InChI is InChI=1S/C25H30N2O4/c1-4-5-6-17-31-24-21-14-16-27(25(29)22(21)11-12-23(24)30-3)15-13-19-7-9-20(10-8-19)26-18(2)28/h7-12,14,16H,4-6,13,15,17H2,1-3H3,(H,26,28). The molecule has 0 saturated carbocycles. The largest absolute Gasteiger partial charge is 0.493 e. The molecular weight excluding hydrogens is 392 g/mol. The average molecular weight is 423 g/mol. The lowest BCUT2D eigenvalue weighted by Gasteiger charge is -2.14. The number of nitrogens with zero attached hydrogens (tertiary/aromatic N) is 1. The third-order valence-corrected chi connectivity index (χ3v) is 5.20. The van der Waals surface area contributed by atoms with Crippen molar-refractivity contribution in [2.24, 2.45) is 0 Å². The van der Waals surface area contributed by atoms with E-state index >= 15 is 0 Å². The van der Waals surface area contributed by atoms with Gasteiger partial charge in [0.1, 0.15) is 0 Å². The van der Waals surface area contributed by atoms with Gasteiger partial charge < -0.3 is 19.4 Å². The molecule has 0 spiro atoms. The summed E-state index contributed by atoms with van der Waals surface area (Å²) in [5, 5.41) is 4.15. The molecule has 0 aliphatic carbocycles. The van der Waals surface area contributed by atoms with Crippen molar-refractivity contribution in [1.29, 1.82) is 0 Å². The average Bonchev–Trinajstić information content (AvgIpc) is 2.77. The number of carbonyl (C=O) groups is 1. The van der Waals surface area contributed by atoms with E-state index in [0.717, 1.165) is 35.9 Å². The van der Waals surface area contributed by atoms with E-state index in [1.807, 2.05) is 36.5 Å². The van der Waals surface area contributed by atoms with Crippen LogP contribution in [0, 0.1) is 0 Å². The van der Waals surface area contributed by atoms with Crippen LogP contribution < -0.4 is 20.3 Å². The minimum Gasteiger partial charge on any atom is -0.493 e. The summed E-state index contributed by atoms with van der Waals surface area (Å²) in [4.78, 5) is 24.2. The molecule has 6 nitrogen and oxygen atoms in total. The Morgan fingerprint density at radius 2 is 1.81 bits per heavy atom. The van der Waals surface area contributed by atoms with Gasteiger partial charge in [-0.3, -0.25) is 9.59 Å². The van der Waals surface area contributed by atoms with Crippen LogP contribution in [0.5, 0.6) is 11.5 Å². The maximum atomic E-state index is 13.1. The second-order valence-electron chi connectivity index (χ2n) is 7.56. The number of nitrogens with one attached hydrogen (secondary N) is 1. The maximum Gasteiger partial charge on any atom is 0.258 e. The fraction of sp³-hybridized carbons (Fsp3) is 0.360. The Bertz CT molecular complexity index is 1090. The zero-order valence-corrected chi connectivity index (χ0v) is 18.4. The van der Waals surface area contributed by atoms with Crippen molar-refractivity contribution < 1.29 is 14.3 Å². The smallest absolute Gasteiger partial charge is 0.258 e. The lowest BCUT2D eigenvalue weighted by atomic mass is 10.1. The molecule has 1 aromatic heterocycles. The quantitative estimate of drug-likeness (QED) is 0.478. The van der Waals surface area contributed by atoms with E-state index in [1.54, 1.807) is 23.8 Å². The number of aryl methyl sites for hydroxylation is 2. The van der Waals surface area contributed by atoms with Crippen molar-refractivity contribution in [3.05, 3.63) is 64.6 Å². The second-order valence-corrected chi connectivity index (χ2v) is 7.56. The van der Waals surface area contributed by atoms with Crippen molar-refractivity contribution in [2.45, 2.75) is 46.1 Å². The number of amides is 1. The molecule has 0 saturated heterocycles. The van der Waals surface area contributed by atoms with Gasteiger partial charge in [-0.2, -0.15) is 0 Å². The third-order valence-electron chi connectivity index (χ3n) is 5.20. The van der Waals surface area contributed by atoms with Crippen molar-refractivity contribution in [2.75, 3.05) is 19.0 Å². The Morgan fingerprint density at radius 1 is 1.03 bits per heavy atom. The molecule has 31 heavy (non-hydrogen) atoms. The van der Waals surface area contributed by atoms with Gasteiger partial charge in [0, 0.05) is 30.7 Å². The van der Waals surface area contributed by atoms with Crippen molar-refractivity contribution >= 4 is 22.4 Å². The van der Waals surface area contributed by atoms with Crippen molar-refractivity contribution in [3.8, 4) is 11.5 Å². The number of carbonyl (C=O) groups excluding carboxylic acids is 1. The Kier molecular flexibility index (Phi) is 7.70. The summed E-state index contributed by atoms with van der Waals surface area (Å²) in [5.41, 5.74) is 1.81. The summed E-state index contributed by atoms with van der Waals surface area (Å²) in [5.74, 6) is 1.18. The van der Waals surface area contributed by atoms with Crippen LogP contribution in [-0.4, -0.2) is 24.2 Å². The molecule has 164 valence electrons. The monoisotopic (exact) mass is 422 g/mol. The molecule has 0 atom stereocenters. The zero-order valence-electron chi connectivity index (χ0n) is 18.4. The van der Waals surface area contributed by atoms with E-state index in [2.05, 4.69) is 12.2 Å². The molecule has 3 aromatic rings. The zero-order chi connectivity index (χ0) is 22.2. The van der Waals surface area contributed by atoms with Crippen molar-refractivity contribution in [3.63, 3.8) is 0 Å². The van der Waals surface area contributed by atoms with Gasteiger partial charge in [-0.1, -0.05) is 31.9 Å². The SMILES string of the molecule is CCCCCOc1c(OC)ccc2c(=O)n(CCc3ccc(NC(C)=O)cc3)ccc12. The highest BCUT2D eigenvalue weighted by Gasteiger charge is 2.13. The third kappa shape index (κ3) is 5.66. The highest BCUT2D eigenvalue weighted by molar-refractivity contribution is 5.90. The second kappa shape index (κ2) is 10.7. The summed E-state index contributed by atoms with van der Waals surface area (Å²) >= 11 is 0. The molecule has 0 aliphatic heterocycles. The lowest BCUT2D eigenvalue weighted by molar-refractivity contribution is -0.114.